The van der Waals surface area contributed by atoms with E-state index in [0.29, 0.717) is 0 Å². The Balaban J connectivity index is 1.40. The molecule has 1 amide bonds. The van der Waals surface area contributed by atoms with Gasteiger partial charge in [0.05, 0.1) is 6.04 Å². The molecule has 3 nitrogen and oxygen atoms in total. The van der Waals surface area contributed by atoms with Crippen LogP contribution in [-0.4, -0.2) is 17.5 Å². The van der Waals surface area contributed by atoms with Crippen molar-refractivity contribution in [1.82, 2.24) is 5.32 Å². The van der Waals surface area contributed by atoms with E-state index in [1.54, 1.807) is 0 Å². The summed E-state index contributed by atoms with van der Waals surface area (Å²) in [4.78, 5) is 12.5. The highest BCUT2D eigenvalue weighted by Gasteiger charge is 2.51. The van der Waals surface area contributed by atoms with E-state index in [2.05, 4.69) is 17.6 Å². The van der Waals surface area contributed by atoms with Gasteiger partial charge in [-0.3, -0.25) is 4.79 Å². The van der Waals surface area contributed by atoms with Crippen LogP contribution < -0.4 is 10.6 Å². The van der Waals surface area contributed by atoms with Crippen molar-refractivity contribution in [2.75, 3.05) is 5.32 Å². The monoisotopic (exact) mass is 312 g/mol. The molecular formula is C20H28N2O. The van der Waals surface area contributed by atoms with Gasteiger partial charge in [-0.05, 0) is 82.3 Å². The van der Waals surface area contributed by atoms with Crippen molar-refractivity contribution >= 4 is 11.6 Å². The van der Waals surface area contributed by atoms with Gasteiger partial charge in [0.1, 0.15) is 0 Å². The van der Waals surface area contributed by atoms with Gasteiger partial charge in [0.25, 0.3) is 0 Å². The van der Waals surface area contributed by atoms with Crippen LogP contribution in [0.1, 0.15) is 51.0 Å². The van der Waals surface area contributed by atoms with Crippen LogP contribution in [0.5, 0.6) is 0 Å². The molecule has 0 heterocycles. The summed E-state index contributed by atoms with van der Waals surface area (Å²) >= 11 is 0. The summed E-state index contributed by atoms with van der Waals surface area (Å²) < 4.78 is 0. The molecule has 0 radical (unpaired) electrons. The average molecular weight is 312 g/mol. The lowest BCUT2D eigenvalue weighted by atomic mass is 9.53. The van der Waals surface area contributed by atoms with Crippen molar-refractivity contribution in [3.8, 4) is 0 Å². The lowest BCUT2D eigenvalue weighted by molar-refractivity contribution is -0.119. The van der Waals surface area contributed by atoms with E-state index in [-0.39, 0.29) is 17.5 Å². The maximum atomic E-state index is 12.5. The van der Waals surface area contributed by atoms with Crippen molar-refractivity contribution in [2.45, 2.75) is 64.0 Å². The molecule has 0 aromatic heterocycles. The number of rotatable bonds is 4. The Morgan fingerprint density at radius 1 is 1.04 bits per heavy atom. The van der Waals surface area contributed by atoms with Gasteiger partial charge in [0.2, 0.25) is 5.91 Å². The molecule has 4 fully saturated rings. The molecule has 4 aliphatic rings. The molecule has 0 spiro atoms. The first-order chi connectivity index (χ1) is 11.0. The van der Waals surface area contributed by atoms with Gasteiger partial charge < -0.3 is 10.6 Å². The molecule has 1 aromatic carbocycles. The summed E-state index contributed by atoms with van der Waals surface area (Å²) in [5, 5.41) is 6.79. The van der Waals surface area contributed by atoms with E-state index in [1.165, 1.54) is 44.1 Å². The summed E-state index contributed by atoms with van der Waals surface area (Å²) in [7, 11) is 0. The standard InChI is InChI=1S/C20H28N2O/c1-13-3-5-18(6-4-13)21-19(23)14(2)22-20-10-15-7-16(11-20)9-17(8-15)12-20/h3-6,14-17,22H,7-12H2,1-2H3,(H,21,23)/t14-,15?,16?,17?,20?/m1/s1. The second-order valence-electron chi connectivity index (χ2n) is 8.42. The van der Waals surface area contributed by atoms with Crippen LogP contribution in [0, 0.1) is 24.7 Å². The van der Waals surface area contributed by atoms with Crippen LogP contribution in [0.3, 0.4) is 0 Å². The molecule has 1 aromatic rings. The summed E-state index contributed by atoms with van der Waals surface area (Å²) in [6.45, 7) is 4.07. The van der Waals surface area contributed by atoms with Crippen LogP contribution in [0.25, 0.3) is 0 Å². The second-order valence-corrected chi connectivity index (χ2v) is 8.42. The lowest BCUT2D eigenvalue weighted by Crippen LogP contribution is -2.62. The highest BCUT2D eigenvalue weighted by Crippen LogP contribution is 2.55. The van der Waals surface area contributed by atoms with Gasteiger partial charge in [-0.1, -0.05) is 17.7 Å². The number of amides is 1. The van der Waals surface area contributed by atoms with E-state index in [4.69, 9.17) is 0 Å². The van der Waals surface area contributed by atoms with Crippen LogP contribution in [0.15, 0.2) is 24.3 Å². The van der Waals surface area contributed by atoms with Crippen LogP contribution >= 0.6 is 0 Å². The van der Waals surface area contributed by atoms with E-state index >= 15 is 0 Å². The number of hydrogen-bond donors (Lipinski definition) is 2. The van der Waals surface area contributed by atoms with E-state index < -0.39 is 0 Å². The van der Waals surface area contributed by atoms with Crippen molar-refractivity contribution in [3.05, 3.63) is 29.8 Å². The van der Waals surface area contributed by atoms with Crippen molar-refractivity contribution in [1.29, 1.82) is 0 Å². The summed E-state index contributed by atoms with van der Waals surface area (Å²) in [6.07, 6.45) is 8.14. The Morgan fingerprint density at radius 3 is 2.09 bits per heavy atom. The van der Waals surface area contributed by atoms with E-state index in [1.807, 2.05) is 31.2 Å². The number of carbonyl (C=O) groups is 1. The van der Waals surface area contributed by atoms with Crippen LogP contribution in [0.4, 0.5) is 5.69 Å². The van der Waals surface area contributed by atoms with Crippen LogP contribution in [-0.2, 0) is 4.79 Å². The normalized spacial score (nSPS) is 36.0. The molecule has 0 aliphatic heterocycles. The molecule has 23 heavy (non-hydrogen) atoms. The summed E-state index contributed by atoms with van der Waals surface area (Å²) in [6, 6.07) is 7.89. The minimum atomic E-state index is -0.132. The summed E-state index contributed by atoms with van der Waals surface area (Å²) in [5.74, 6) is 2.80. The van der Waals surface area contributed by atoms with Gasteiger partial charge in [-0.15, -0.1) is 0 Å². The molecule has 4 aliphatic carbocycles. The zero-order chi connectivity index (χ0) is 16.0. The molecule has 3 heteroatoms. The highest BCUT2D eigenvalue weighted by atomic mass is 16.2. The minimum Gasteiger partial charge on any atom is -0.325 e. The average Bonchev–Trinajstić information content (AvgIpc) is 2.47. The van der Waals surface area contributed by atoms with E-state index in [0.717, 1.165) is 23.4 Å². The first kappa shape index (κ1) is 15.2. The van der Waals surface area contributed by atoms with Gasteiger partial charge in [-0.2, -0.15) is 0 Å². The smallest absolute Gasteiger partial charge is 0.241 e. The summed E-state index contributed by atoms with van der Waals surface area (Å²) in [5.41, 5.74) is 2.33. The highest BCUT2D eigenvalue weighted by molar-refractivity contribution is 5.94. The third-order valence-corrected chi connectivity index (χ3v) is 6.27. The van der Waals surface area contributed by atoms with Crippen LogP contribution in [0.2, 0.25) is 0 Å². The topological polar surface area (TPSA) is 41.1 Å². The lowest BCUT2D eigenvalue weighted by Gasteiger charge is -2.57. The fraction of sp³-hybridized carbons (Fsp3) is 0.650. The Bertz CT molecular complexity index is 557. The molecule has 124 valence electrons. The Morgan fingerprint density at radius 2 is 1.57 bits per heavy atom. The molecule has 4 bridgehead atoms. The van der Waals surface area contributed by atoms with Crippen molar-refractivity contribution in [2.24, 2.45) is 17.8 Å². The van der Waals surface area contributed by atoms with Crippen molar-refractivity contribution in [3.63, 3.8) is 0 Å². The fourth-order valence-electron chi connectivity index (χ4n) is 5.70. The number of nitrogens with one attached hydrogen (secondary N) is 2. The molecule has 2 N–H and O–H groups in total. The Hall–Kier alpha value is -1.35. The molecule has 4 saturated carbocycles. The number of benzene rings is 1. The van der Waals surface area contributed by atoms with E-state index in [9.17, 15) is 4.79 Å². The zero-order valence-electron chi connectivity index (χ0n) is 14.3. The quantitative estimate of drug-likeness (QED) is 0.886. The SMILES string of the molecule is Cc1ccc(NC(=O)[C@@H](C)NC23CC4CC(CC(C4)C2)C3)cc1. The predicted octanol–water partition coefficient (Wildman–Crippen LogP) is 3.88. The number of anilines is 1. The zero-order valence-corrected chi connectivity index (χ0v) is 14.3. The first-order valence-corrected chi connectivity index (χ1v) is 9.17. The molecule has 1 atom stereocenters. The van der Waals surface area contributed by atoms with Gasteiger partial charge in [0.15, 0.2) is 0 Å². The predicted molar refractivity (Wildman–Crippen MR) is 93.3 cm³/mol. The molecule has 5 rings (SSSR count). The number of carbonyl (C=O) groups excluding carboxylic acids is 1. The third kappa shape index (κ3) is 3.03. The first-order valence-electron chi connectivity index (χ1n) is 9.17. The third-order valence-electron chi connectivity index (χ3n) is 6.27. The minimum absolute atomic E-state index is 0.0876. The maximum Gasteiger partial charge on any atom is 0.241 e. The number of hydrogen-bond acceptors (Lipinski definition) is 2. The van der Waals surface area contributed by atoms with Gasteiger partial charge in [0, 0.05) is 11.2 Å². The number of aryl methyl sites for hydroxylation is 1. The van der Waals surface area contributed by atoms with Crippen molar-refractivity contribution < 1.29 is 4.79 Å². The second kappa shape index (κ2) is 5.62. The van der Waals surface area contributed by atoms with Gasteiger partial charge in [-0.25, -0.2) is 0 Å². The Labute approximate surface area is 139 Å². The largest absolute Gasteiger partial charge is 0.325 e. The molecule has 0 saturated heterocycles. The Kier molecular flexibility index (Phi) is 3.72. The molecule has 0 unspecified atom stereocenters. The van der Waals surface area contributed by atoms with Gasteiger partial charge >= 0.3 is 0 Å². The maximum absolute atomic E-state index is 12.5. The molecular weight excluding hydrogens is 284 g/mol. The fourth-order valence-corrected chi connectivity index (χ4v) is 5.70.